The van der Waals surface area contributed by atoms with Gasteiger partial charge >= 0.3 is 0 Å². The first kappa shape index (κ1) is 17.1. The van der Waals surface area contributed by atoms with E-state index in [1.165, 1.54) is 10.3 Å². The second-order valence-electron chi connectivity index (χ2n) is 6.80. The third-order valence-corrected chi connectivity index (χ3v) is 5.89. The first-order valence-electron chi connectivity index (χ1n) is 9.12. The molecule has 1 fully saturated rings. The quantitative estimate of drug-likeness (QED) is 0.707. The first-order chi connectivity index (χ1) is 12.5. The Bertz CT molecular complexity index is 922. The van der Waals surface area contributed by atoms with Gasteiger partial charge in [-0.15, -0.1) is 11.3 Å². The van der Waals surface area contributed by atoms with Crippen molar-refractivity contribution in [3.63, 3.8) is 0 Å². The van der Waals surface area contributed by atoms with E-state index in [-0.39, 0.29) is 0 Å². The summed E-state index contributed by atoms with van der Waals surface area (Å²) in [4.78, 5) is 25.7. The normalized spacial score (nSPS) is 15.1. The molecule has 4 heterocycles. The number of fused-ring (bicyclic) bond motifs is 1. The Balaban J connectivity index is 1.58. The molecule has 26 heavy (non-hydrogen) atoms. The molecule has 7 heteroatoms. The lowest BCUT2D eigenvalue weighted by Gasteiger charge is -2.35. The van der Waals surface area contributed by atoms with Crippen molar-refractivity contribution in [1.82, 2.24) is 19.9 Å². The average molecular weight is 369 g/mol. The van der Waals surface area contributed by atoms with Crippen LogP contribution < -0.4 is 9.80 Å². The van der Waals surface area contributed by atoms with Crippen molar-refractivity contribution < 1.29 is 0 Å². The Labute approximate surface area is 157 Å². The zero-order valence-corrected chi connectivity index (χ0v) is 16.6. The van der Waals surface area contributed by atoms with Gasteiger partial charge in [0.2, 0.25) is 5.95 Å². The van der Waals surface area contributed by atoms with Gasteiger partial charge in [0.05, 0.1) is 5.39 Å². The van der Waals surface area contributed by atoms with Crippen LogP contribution in [0.15, 0.2) is 12.1 Å². The molecule has 1 saturated heterocycles. The average Bonchev–Trinajstić information content (AvgIpc) is 3.03. The molecule has 0 amide bonds. The van der Waals surface area contributed by atoms with Crippen molar-refractivity contribution in [1.29, 1.82) is 0 Å². The van der Waals surface area contributed by atoms with Gasteiger partial charge in [-0.3, -0.25) is 0 Å². The second-order valence-corrected chi connectivity index (χ2v) is 7.92. The highest BCUT2D eigenvalue weighted by atomic mass is 32.1. The highest BCUT2D eigenvalue weighted by Gasteiger charge is 2.23. The van der Waals surface area contributed by atoms with Gasteiger partial charge in [0.15, 0.2) is 0 Å². The minimum absolute atomic E-state index is 0.843. The lowest BCUT2D eigenvalue weighted by Crippen LogP contribution is -2.47. The topological polar surface area (TPSA) is 58.0 Å². The second kappa shape index (κ2) is 6.79. The summed E-state index contributed by atoms with van der Waals surface area (Å²) >= 11 is 1.78. The number of nitrogens with zero attached hydrogens (tertiary/aromatic N) is 6. The molecule has 0 bridgehead atoms. The highest BCUT2D eigenvalue weighted by molar-refractivity contribution is 7.18. The molecule has 0 N–H and O–H groups in total. The molecular formula is C19H24N6S. The molecule has 1 aliphatic rings. The standard InChI is InChI=1S/C19H24N6S/c1-5-15-11-16-17(22-14(4)23-18(16)26-15)24-6-8-25(9-7-24)19-20-12(2)10-13(3)21-19/h10-11H,5-9H2,1-4H3. The predicted molar refractivity (Wildman–Crippen MR) is 107 cm³/mol. The molecule has 0 unspecified atom stereocenters. The largest absolute Gasteiger partial charge is 0.352 e. The minimum atomic E-state index is 0.843. The van der Waals surface area contributed by atoms with Gasteiger partial charge in [-0.1, -0.05) is 6.92 Å². The van der Waals surface area contributed by atoms with Crippen LogP contribution in [0.25, 0.3) is 10.2 Å². The van der Waals surface area contributed by atoms with E-state index in [1.807, 2.05) is 26.8 Å². The van der Waals surface area contributed by atoms with E-state index in [1.54, 1.807) is 11.3 Å². The molecule has 0 radical (unpaired) electrons. The molecule has 1 aliphatic heterocycles. The molecule has 0 spiro atoms. The Kier molecular flexibility index (Phi) is 4.48. The molecule has 0 saturated carbocycles. The Morgan fingerprint density at radius 1 is 0.885 bits per heavy atom. The summed E-state index contributed by atoms with van der Waals surface area (Å²) < 4.78 is 0. The summed E-state index contributed by atoms with van der Waals surface area (Å²) in [5.74, 6) is 2.76. The molecule has 3 aromatic heterocycles. The summed E-state index contributed by atoms with van der Waals surface area (Å²) in [7, 11) is 0. The number of aromatic nitrogens is 4. The van der Waals surface area contributed by atoms with Crippen LogP contribution in [0.4, 0.5) is 11.8 Å². The van der Waals surface area contributed by atoms with Crippen molar-refractivity contribution in [2.24, 2.45) is 0 Å². The van der Waals surface area contributed by atoms with Crippen LogP contribution in [0, 0.1) is 20.8 Å². The molecule has 136 valence electrons. The van der Waals surface area contributed by atoms with Gasteiger partial charge in [0.1, 0.15) is 16.5 Å². The van der Waals surface area contributed by atoms with Crippen LogP contribution in [0.3, 0.4) is 0 Å². The Morgan fingerprint density at radius 3 is 2.19 bits per heavy atom. The smallest absolute Gasteiger partial charge is 0.225 e. The Hall–Kier alpha value is -2.28. The maximum absolute atomic E-state index is 4.77. The number of rotatable bonds is 3. The molecule has 6 nitrogen and oxygen atoms in total. The van der Waals surface area contributed by atoms with E-state index in [4.69, 9.17) is 4.98 Å². The van der Waals surface area contributed by atoms with Crippen LogP contribution in [0.1, 0.15) is 29.0 Å². The lowest BCUT2D eigenvalue weighted by atomic mass is 10.2. The van der Waals surface area contributed by atoms with E-state index < -0.39 is 0 Å². The van der Waals surface area contributed by atoms with Crippen LogP contribution >= 0.6 is 11.3 Å². The van der Waals surface area contributed by atoms with Gasteiger partial charge in [-0.25, -0.2) is 19.9 Å². The van der Waals surface area contributed by atoms with Crippen LogP contribution in [-0.2, 0) is 6.42 Å². The van der Waals surface area contributed by atoms with Gasteiger partial charge in [0, 0.05) is 42.4 Å². The summed E-state index contributed by atoms with van der Waals surface area (Å²) in [6.07, 6.45) is 1.04. The third-order valence-electron chi connectivity index (χ3n) is 4.72. The van der Waals surface area contributed by atoms with Crippen molar-refractivity contribution in [2.45, 2.75) is 34.1 Å². The monoisotopic (exact) mass is 368 g/mol. The van der Waals surface area contributed by atoms with Gasteiger partial charge in [-0.2, -0.15) is 0 Å². The van der Waals surface area contributed by atoms with E-state index in [0.29, 0.717) is 0 Å². The van der Waals surface area contributed by atoms with Crippen molar-refractivity contribution in [3.8, 4) is 0 Å². The van der Waals surface area contributed by atoms with E-state index in [0.717, 1.165) is 66.4 Å². The molecule has 3 aromatic rings. The molecule has 0 atom stereocenters. The summed E-state index contributed by atoms with van der Waals surface area (Å²) in [6, 6.07) is 4.27. The lowest BCUT2D eigenvalue weighted by molar-refractivity contribution is 0.633. The fraction of sp³-hybridized carbons (Fsp3) is 0.474. The fourth-order valence-electron chi connectivity index (χ4n) is 3.44. The number of anilines is 2. The Morgan fingerprint density at radius 2 is 1.54 bits per heavy atom. The first-order valence-corrected chi connectivity index (χ1v) is 9.94. The molecule has 0 aliphatic carbocycles. The highest BCUT2D eigenvalue weighted by Crippen LogP contribution is 2.32. The van der Waals surface area contributed by atoms with Crippen LogP contribution in [-0.4, -0.2) is 46.1 Å². The minimum Gasteiger partial charge on any atom is -0.352 e. The number of thiophene rings is 1. The SMILES string of the molecule is CCc1cc2c(N3CCN(c4nc(C)cc(C)n4)CC3)nc(C)nc2s1. The number of hydrogen-bond acceptors (Lipinski definition) is 7. The summed E-state index contributed by atoms with van der Waals surface area (Å²) in [6.45, 7) is 11.9. The maximum atomic E-state index is 4.77. The van der Waals surface area contributed by atoms with Gasteiger partial charge < -0.3 is 9.80 Å². The fourth-order valence-corrected chi connectivity index (χ4v) is 4.45. The molecular weight excluding hydrogens is 344 g/mol. The number of piperazine rings is 1. The van der Waals surface area contributed by atoms with E-state index in [2.05, 4.69) is 37.7 Å². The van der Waals surface area contributed by atoms with Crippen molar-refractivity contribution >= 4 is 33.3 Å². The number of hydrogen-bond donors (Lipinski definition) is 0. The number of aryl methyl sites for hydroxylation is 4. The maximum Gasteiger partial charge on any atom is 0.225 e. The van der Waals surface area contributed by atoms with Gasteiger partial charge in [-0.05, 0) is 39.3 Å². The van der Waals surface area contributed by atoms with Crippen LogP contribution in [0.5, 0.6) is 0 Å². The molecule has 4 rings (SSSR count). The van der Waals surface area contributed by atoms with Crippen molar-refractivity contribution in [3.05, 3.63) is 34.2 Å². The summed E-state index contributed by atoms with van der Waals surface area (Å²) in [5.41, 5.74) is 2.04. The van der Waals surface area contributed by atoms with Crippen molar-refractivity contribution in [2.75, 3.05) is 36.0 Å². The van der Waals surface area contributed by atoms with Gasteiger partial charge in [0.25, 0.3) is 0 Å². The predicted octanol–water partition coefficient (Wildman–Crippen LogP) is 3.30. The van der Waals surface area contributed by atoms with E-state index in [9.17, 15) is 0 Å². The molecule has 0 aromatic carbocycles. The summed E-state index contributed by atoms with van der Waals surface area (Å²) in [5, 5.41) is 1.19. The zero-order valence-electron chi connectivity index (χ0n) is 15.8. The van der Waals surface area contributed by atoms with Crippen LogP contribution in [0.2, 0.25) is 0 Å². The zero-order chi connectivity index (χ0) is 18.3. The van der Waals surface area contributed by atoms with E-state index >= 15 is 0 Å². The third kappa shape index (κ3) is 3.23.